The lowest BCUT2D eigenvalue weighted by Crippen LogP contribution is -2.41. The number of aromatic nitrogens is 2. The first kappa shape index (κ1) is 22.8. The molecule has 0 aliphatic heterocycles. The molecule has 0 unspecified atom stereocenters. The lowest BCUT2D eigenvalue weighted by atomic mass is 9.89. The van der Waals surface area contributed by atoms with E-state index in [0.717, 1.165) is 49.3 Å². The molecule has 0 spiro atoms. The Bertz CT molecular complexity index is 704. The van der Waals surface area contributed by atoms with Crippen LogP contribution in [0.5, 0.6) is 0 Å². The summed E-state index contributed by atoms with van der Waals surface area (Å²) in [5.74, 6) is 2.65. The molecule has 1 fully saturated rings. The Hall–Kier alpha value is -1.51. The molecule has 0 amide bonds. The van der Waals surface area contributed by atoms with Gasteiger partial charge in [-0.15, -0.1) is 24.0 Å². The van der Waals surface area contributed by atoms with E-state index in [1.807, 2.05) is 23.9 Å². The van der Waals surface area contributed by atoms with Crippen LogP contribution in [0.3, 0.4) is 0 Å². The Balaban J connectivity index is 0.00000280. The lowest BCUT2D eigenvalue weighted by Gasteiger charge is -2.23. The van der Waals surface area contributed by atoms with Gasteiger partial charge in [-0.25, -0.2) is 4.99 Å². The van der Waals surface area contributed by atoms with Crippen molar-refractivity contribution in [1.82, 2.24) is 20.4 Å². The molecule has 1 aliphatic rings. The Morgan fingerprint density at radius 2 is 2.11 bits per heavy atom. The molecule has 156 valence electrons. The Morgan fingerprint density at radius 1 is 1.29 bits per heavy atom. The summed E-state index contributed by atoms with van der Waals surface area (Å²) >= 11 is 0. The van der Waals surface area contributed by atoms with Gasteiger partial charge in [0.15, 0.2) is 5.96 Å². The van der Waals surface area contributed by atoms with Crippen LogP contribution >= 0.6 is 24.0 Å². The van der Waals surface area contributed by atoms with Gasteiger partial charge in [0.1, 0.15) is 5.76 Å². The molecule has 2 aromatic heterocycles. The maximum Gasteiger partial charge on any atom is 0.191 e. The van der Waals surface area contributed by atoms with E-state index >= 15 is 0 Å². The number of guanidine groups is 1. The molecule has 0 atom stereocenters. The highest BCUT2D eigenvalue weighted by Crippen LogP contribution is 2.22. The van der Waals surface area contributed by atoms with Crippen LogP contribution in [0.4, 0.5) is 0 Å². The molecule has 28 heavy (non-hydrogen) atoms. The maximum absolute atomic E-state index is 5.42. The Morgan fingerprint density at radius 3 is 2.82 bits per heavy atom. The first-order valence-electron chi connectivity index (χ1n) is 10.3. The fourth-order valence-electron chi connectivity index (χ4n) is 3.74. The average molecular weight is 499 g/mol. The van der Waals surface area contributed by atoms with Crippen LogP contribution in [-0.2, 0) is 26.4 Å². The van der Waals surface area contributed by atoms with Crippen molar-refractivity contribution < 1.29 is 4.42 Å². The third-order valence-electron chi connectivity index (χ3n) is 5.26. The molecule has 2 N–H and O–H groups in total. The number of aliphatic imine (C=N–C) groups is 1. The molecule has 0 aromatic carbocycles. The van der Waals surface area contributed by atoms with Gasteiger partial charge in [0.2, 0.25) is 0 Å². The van der Waals surface area contributed by atoms with Crippen molar-refractivity contribution in [1.29, 1.82) is 0 Å². The van der Waals surface area contributed by atoms with Gasteiger partial charge in [-0.3, -0.25) is 4.68 Å². The van der Waals surface area contributed by atoms with Crippen molar-refractivity contribution >= 4 is 29.9 Å². The van der Waals surface area contributed by atoms with Crippen molar-refractivity contribution in [3.63, 3.8) is 0 Å². The van der Waals surface area contributed by atoms with Gasteiger partial charge in [0.05, 0.1) is 18.5 Å². The van der Waals surface area contributed by atoms with Crippen LogP contribution in [0, 0.1) is 5.92 Å². The fraction of sp³-hybridized carbons (Fsp3) is 0.619. The van der Waals surface area contributed by atoms with Crippen LogP contribution in [0.25, 0.3) is 0 Å². The lowest BCUT2D eigenvalue weighted by molar-refractivity contribution is 0.355. The number of rotatable bonds is 8. The zero-order chi connectivity index (χ0) is 18.9. The smallest absolute Gasteiger partial charge is 0.191 e. The average Bonchev–Trinajstić information content (AvgIpc) is 3.33. The SMILES string of the molecule is CCc1nn(C)cc1CN=C(NCCc1ccco1)NCC1CCCCC1.I. The van der Waals surface area contributed by atoms with Crippen LogP contribution in [0.15, 0.2) is 34.0 Å². The molecule has 2 aromatic rings. The highest BCUT2D eigenvalue weighted by molar-refractivity contribution is 14.0. The van der Waals surface area contributed by atoms with Crippen LogP contribution in [0.1, 0.15) is 56.0 Å². The van der Waals surface area contributed by atoms with Crippen LogP contribution in [-0.4, -0.2) is 28.8 Å². The second-order valence-corrected chi connectivity index (χ2v) is 7.43. The summed E-state index contributed by atoms with van der Waals surface area (Å²) in [6, 6.07) is 3.94. The monoisotopic (exact) mass is 499 g/mol. The summed E-state index contributed by atoms with van der Waals surface area (Å²) in [4.78, 5) is 4.83. The molecular weight excluding hydrogens is 465 g/mol. The van der Waals surface area contributed by atoms with Gasteiger partial charge in [-0.1, -0.05) is 26.2 Å². The van der Waals surface area contributed by atoms with Gasteiger partial charge in [0.25, 0.3) is 0 Å². The molecule has 3 rings (SSSR count). The molecule has 1 saturated carbocycles. The third kappa shape index (κ3) is 7.14. The highest BCUT2D eigenvalue weighted by Gasteiger charge is 2.14. The summed E-state index contributed by atoms with van der Waals surface area (Å²) < 4.78 is 7.30. The van der Waals surface area contributed by atoms with Crippen molar-refractivity contribution in [2.75, 3.05) is 13.1 Å². The second kappa shape index (κ2) is 12.1. The van der Waals surface area contributed by atoms with Gasteiger partial charge < -0.3 is 15.1 Å². The minimum absolute atomic E-state index is 0. The Kier molecular flexibility index (Phi) is 9.87. The number of hydrogen-bond acceptors (Lipinski definition) is 3. The van der Waals surface area contributed by atoms with E-state index in [1.165, 1.54) is 37.7 Å². The third-order valence-corrected chi connectivity index (χ3v) is 5.26. The molecule has 6 nitrogen and oxygen atoms in total. The first-order valence-corrected chi connectivity index (χ1v) is 10.3. The second-order valence-electron chi connectivity index (χ2n) is 7.43. The molecule has 1 aliphatic carbocycles. The summed E-state index contributed by atoms with van der Waals surface area (Å²) in [5, 5.41) is 11.5. The van der Waals surface area contributed by atoms with Gasteiger partial charge in [-0.2, -0.15) is 5.10 Å². The number of nitrogens with one attached hydrogen (secondary N) is 2. The van der Waals surface area contributed by atoms with E-state index in [9.17, 15) is 0 Å². The molecular formula is C21H34IN5O. The first-order chi connectivity index (χ1) is 13.2. The maximum atomic E-state index is 5.42. The standard InChI is InChI=1S/C21H33N5O.HI/c1-3-20-18(16-26(2)25-20)15-24-21(22-12-11-19-10-7-13-27-19)23-14-17-8-5-4-6-9-17;/h7,10,13,16-17H,3-6,8-9,11-12,14-15H2,1-2H3,(H2,22,23,24);1H. The number of hydrogen-bond donors (Lipinski definition) is 2. The van der Waals surface area contributed by atoms with Crippen molar-refractivity contribution in [2.24, 2.45) is 18.0 Å². The van der Waals surface area contributed by atoms with Crippen molar-refractivity contribution in [3.05, 3.63) is 41.6 Å². The summed E-state index contributed by atoms with van der Waals surface area (Å²) in [6.45, 7) is 4.59. The van der Waals surface area contributed by atoms with E-state index in [2.05, 4.69) is 28.9 Å². The molecule has 0 radical (unpaired) electrons. The highest BCUT2D eigenvalue weighted by atomic mass is 127. The number of furan rings is 1. The zero-order valence-electron chi connectivity index (χ0n) is 17.1. The minimum Gasteiger partial charge on any atom is -0.469 e. The number of nitrogens with zero attached hydrogens (tertiary/aromatic N) is 3. The largest absolute Gasteiger partial charge is 0.469 e. The quantitative estimate of drug-likeness (QED) is 0.327. The summed E-state index contributed by atoms with van der Waals surface area (Å²) in [7, 11) is 1.97. The van der Waals surface area contributed by atoms with Crippen LogP contribution in [0.2, 0.25) is 0 Å². The van der Waals surface area contributed by atoms with Crippen molar-refractivity contribution in [3.8, 4) is 0 Å². The molecule has 0 bridgehead atoms. The summed E-state index contributed by atoms with van der Waals surface area (Å²) in [5.41, 5.74) is 2.33. The van der Waals surface area contributed by atoms with E-state index in [1.54, 1.807) is 6.26 Å². The number of halogens is 1. The van der Waals surface area contributed by atoms with Gasteiger partial charge in [0, 0.05) is 38.3 Å². The zero-order valence-corrected chi connectivity index (χ0v) is 19.4. The normalized spacial score (nSPS) is 15.3. The van der Waals surface area contributed by atoms with E-state index in [-0.39, 0.29) is 24.0 Å². The molecule has 2 heterocycles. The predicted molar refractivity (Wildman–Crippen MR) is 124 cm³/mol. The Labute approximate surface area is 185 Å². The van der Waals surface area contributed by atoms with E-state index in [0.29, 0.717) is 6.54 Å². The molecule has 7 heteroatoms. The van der Waals surface area contributed by atoms with E-state index < -0.39 is 0 Å². The van der Waals surface area contributed by atoms with Gasteiger partial charge >= 0.3 is 0 Å². The summed E-state index contributed by atoms with van der Waals surface area (Å²) in [6.07, 6.45) is 12.3. The molecule has 0 saturated heterocycles. The number of aryl methyl sites for hydroxylation is 2. The minimum atomic E-state index is 0. The predicted octanol–water partition coefficient (Wildman–Crippen LogP) is 4.05. The van der Waals surface area contributed by atoms with Gasteiger partial charge in [-0.05, 0) is 37.3 Å². The fourth-order valence-corrected chi connectivity index (χ4v) is 3.74. The topological polar surface area (TPSA) is 67.4 Å². The van der Waals surface area contributed by atoms with Crippen LogP contribution < -0.4 is 10.6 Å². The van der Waals surface area contributed by atoms with Crippen molar-refractivity contribution in [2.45, 2.75) is 58.4 Å². The van der Waals surface area contributed by atoms with E-state index in [4.69, 9.17) is 9.41 Å².